The minimum absolute atomic E-state index is 0.0301. The molecule has 10 heteroatoms. The summed E-state index contributed by atoms with van der Waals surface area (Å²) in [5.74, 6) is 3.98. The van der Waals surface area contributed by atoms with Gasteiger partial charge in [0.05, 0.1) is 0 Å². The smallest absolute Gasteiger partial charge is 0.421 e. The number of nitrogens with zero attached hydrogens (tertiary/aromatic N) is 1. The zero-order valence-corrected chi connectivity index (χ0v) is 14.7. The second-order valence-corrected chi connectivity index (χ2v) is 5.30. The van der Waals surface area contributed by atoms with Crippen molar-refractivity contribution in [2.45, 2.75) is 12.8 Å². The molecule has 2 aromatic rings. The standard InChI is InChI=1S/C14H12BrF3N2O.CH4N2O/c1-19-12-6-2-5-11(15)9(12)8-21-13-10(14(16,17)18)4-3-7-20-13;2-3-1-4/h2-7,19H,8H2,1H3;1H,2H2,(H,3,4). The number of pyridine rings is 1. The number of hydrogen-bond donors (Lipinski definition) is 3. The number of amides is 1. The fourth-order valence-electron chi connectivity index (χ4n) is 1.80. The molecule has 0 bridgehead atoms. The van der Waals surface area contributed by atoms with Crippen molar-refractivity contribution in [1.82, 2.24) is 10.4 Å². The van der Waals surface area contributed by atoms with E-state index >= 15 is 0 Å². The van der Waals surface area contributed by atoms with Crippen LogP contribution in [0, 0.1) is 0 Å². The van der Waals surface area contributed by atoms with Gasteiger partial charge in [-0.05, 0) is 24.3 Å². The molecular weight excluding hydrogens is 405 g/mol. The van der Waals surface area contributed by atoms with Gasteiger partial charge in [0, 0.05) is 29.0 Å². The van der Waals surface area contributed by atoms with E-state index in [1.54, 1.807) is 18.5 Å². The molecule has 0 aliphatic carbocycles. The summed E-state index contributed by atoms with van der Waals surface area (Å²) in [6.07, 6.45) is -2.83. The number of anilines is 1. The van der Waals surface area contributed by atoms with Crippen LogP contribution in [0.1, 0.15) is 11.1 Å². The highest BCUT2D eigenvalue weighted by molar-refractivity contribution is 9.10. The zero-order valence-electron chi connectivity index (χ0n) is 13.1. The minimum atomic E-state index is -4.50. The average Bonchev–Trinajstić information content (AvgIpc) is 2.60. The molecule has 1 aromatic carbocycles. The number of halogens is 4. The molecule has 4 N–H and O–H groups in total. The second kappa shape index (κ2) is 9.84. The lowest BCUT2D eigenvalue weighted by molar-refractivity contribution is -0.139. The molecule has 0 unspecified atom stereocenters. The fourth-order valence-corrected chi connectivity index (χ4v) is 2.28. The molecule has 0 aliphatic heterocycles. The van der Waals surface area contributed by atoms with Gasteiger partial charge in [-0.15, -0.1) is 0 Å². The number of carbonyl (C=O) groups is 1. The Morgan fingerprint density at radius 2 is 2.00 bits per heavy atom. The average molecular weight is 421 g/mol. The molecule has 0 fully saturated rings. The summed E-state index contributed by atoms with van der Waals surface area (Å²) in [5, 5.41) is 2.96. The monoisotopic (exact) mass is 420 g/mol. The van der Waals surface area contributed by atoms with Crippen LogP contribution in [0.4, 0.5) is 18.9 Å². The fraction of sp³-hybridized carbons (Fsp3) is 0.200. The topological polar surface area (TPSA) is 89.3 Å². The normalized spacial score (nSPS) is 10.3. The van der Waals surface area contributed by atoms with E-state index in [-0.39, 0.29) is 6.61 Å². The van der Waals surface area contributed by atoms with Crippen molar-refractivity contribution >= 4 is 28.0 Å². The second-order valence-electron chi connectivity index (χ2n) is 4.44. The molecule has 6 nitrogen and oxygen atoms in total. The van der Waals surface area contributed by atoms with Crippen LogP contribution >= 0.6 is 15.9 Å². The summed E-state index contributed by atoms with van der Waals surface area (Å²) in [7, 11) is 1.73. The number of alkyl halides is 3. The van der Waals surface area contributed by atoms with Crippen LogP contribution in [0.5, 0.6) is 5.88 Å². The molecule has 0 atom stereocenters. The molecule has 136 valence electrons. The molecule has 1 aromatic heterocycles. The Balaban J connectivity index is 0.000000705. The summed E-state index contributed by atoms with van der Waals surface area (Å²) in [5.41, 5.74) is 2.36. The number of hydrogen-bond acceptors (Lipinski definition) is 5. The molecule has 2 rings (SSSR count). The number of nitrogens with two attached hydrogens (primary N) is 1. The molecule has 0 aliphatic rings. The third kappa shape index (κ3) is 6.24. The summed E-state index contributed by atoms with van der Waals surface area (Å²) in [6, 6.07) is 7.60. The lowest BCUT2D eigenvalue weighted by Crippen LogP contribution is -2.18. The zero-order chi connectivity index (χ0) is 18.9. The van der Waals surface area contributed by atoms with Gasteiger partial charge in [-0.1, -0.05) is 22.0 Å². The van der Waals surface area contributed by atoms with Crippen molar-refractivity contribution in [2.75, 3.05) is 12.4 Å². The first-order valence-corrected chi connectivity index (χ1v) is 7.64. The quantitative estimate of drug-likeness (QED) is 0.299. The van der Waals surface area contributed by atoms with Gasteiger partial charge in [0.15, 0.2) is 0 Å². The number of benzene rings is 1. The van der Waals surface area contributed by atoms with Crippen molar-refractivity contribution < 1.29 is 22.7 Å². The third-order valence-corrected chi connectivity index (χ3v) is 3.63. The van der Waals surface area contributed by atoms with Gasteiger partial charge in [0.2, 0.25) is 12.3 Å². The number of carbonyl (C=O) groups excluding carboxylic acids is 1. The molecule has 25 heavy (non-hydrogen) atoms. The van der Waals surface area contributed by atoms with Crippen molar-refractivity contribution in [3.8, 4) is 5.88 Å². The Labute approximate surface area is 150 Å². The summed E-state index contributed by atoms with van der Waals surface area (Å²) in [6.45, 7) is -0.0301. The van der Waals surface area contributed by atoms with Crippen LogP contribution in [0.3, 0.4) is 0 Å². The highest BCUT2D eigenvalue weighted by Gasteiger charge is 2.35. The van der Waals surface area contributed by atoms with E-state index in [2.05, 4.69) is 32.1 Å². The summed E-state index contributed by atoms with van der Waals surface area (Å²) in [4.78, 5) is 12.6. The first kappa shape index (κ1) is 20.7. The van der Waals surface area contributed by atoms with Crippen molar-refractivity contribution in [3.63, 3.8) is 0 Å². The highest BCUT2D eigenvalue weighted by atomic mass is 79.9. The van der Waals surface area contributed by atoms with Crippen LogP contribution < -0.4 is 21.3 Å². The van der Waals surface area contributed by atoms with Crippen molar-refractivity contribution in [3.05, 3.63) is 52.1 Å². The number of rotatable bonds is 5. The van der Waals surface area contributed by atoms with Crippen molar-refractivity contribution in [2.24, 2.45) is 5.84 Å². The Kier molecular flexibility index (Phi) is 8.16. The summed E-state index contributed by atoms with van der Waals surface area (Å²) >= 11 is 3.36. The van der Waals surface area contributed by atoms with Gasteiger partial charge in [0.25, 0.3) is 0 Å². The molecular formula is C15H16BrF3N4O2. The molecule has 0 spiro atoms. The Morgan fingerprint density at radius 1 is 1.32 bits per heavy atom. The molecule has 0 radical (unpaired) electrons. The van der Waals surface area contributed by atoms with Gasteiger partial charge in [-0.25, -0.2) is 10.8 Å². The van der Waals surface area contributed by atoms with E-state index in [0.717, 1.165) is 21.8 Å². The number of ether oxygens (including phenoxy) is 1. The van der Waals surface area contributed by atoms with Gasteiger partial charge in [-0.2, -0.15) is 13.2 Å². The maximum atomic E-state index is 12.9. The van der Waals surface area contributed by atoms with E-state index in [1.165, 1.54) is 12.3 Å². The Hall–Kier alpha value is -2.33. The Morgan fingerprint density at radius 3 is 2.56 bits per heavy atom. The number of nitrogens with one attached hydrogen (secondary N) is 2. The highest BCUT2D eigenvalue weighted by Crippen LogP contribution is 2.35. The summed E-state index contributed by atoms with van der Waals surface area (Å²) < 4.78 is 44.6. The molecule has 1 heterocycles. The van der Waals surface area contributed by atoms with Crippen LogP contribution in [-0.4, -0.2) is 18.4 Å². The maximum absolute atomic E-state index is 12.9. The van der Waals surface area contributed by atoms with Crippen LogP contribution in [-0.2, 0) is 17.6 Å². The van der Waals surface area contributed by atoms with E-state index in [0.29, 0.717) is 6.41 Å². The SMILES string of the molecule is CNc1cccc(Br)c1COc1ncccc1C(F)(F)F.NNC=O. The number of hydrazine groups is 1. The van der Waals surface area contributed by atoms with E-state index in [9.17, 15) is 13.2 Å². The van der Waals surface area contributed by atoms with Crippen LogP contribution in [0.25, 0.3) is 0 Å². The predicted octanol–water partition coefficient (Wildman–Crippen LogP) is 3.09. The Bertz CT molecular complexity index is 699. The largest absolute Gasteiger partial charge is 0.472 e. The number of aromatic nitrogens is 1. The van der Waals surface area contributed by atoms with Crippen LogP contribution in [0.15, 0.2) is 41.0 Å². The third-order valence-electron chi connectivity index (χ3n) is 2.89. The first-order valence-electron chi connectivity index (χ1n) is 6.85. The van der Waals surface area contributed by atoms with Gasteiger partial charge < -0.3 is 10.1 Å². The predicted molar refractivity (Wildman–Crippen MR) is 90.6 cm³/mol. The van der Waals surface area contributed by atoms with Crippen molar-refractivity contribution in [1.29, 1.82) is 0 Å². The van der Waals surface area contributed by atoms with E-state index in [1.807, 2.05) is 12.1 Å². The molecule has 1 amide bonds. The maximum Gasteiger partial charge on any atom is 0.421 e. The van der Waals surface area contributed by atoms with Gasteiger partial charge >= 0.3 is 6.18 Å². The van der Waals surface area contributed by atoms with Gasteiger partial charge in [-0.3, -0.25) is 10.2 Å². The molecule has 0 saturated heterocycles. The first-order chi connectivity index (χ1) is 11.8. The molecule has 0 saturated carbocycles. The lowest BCUT2D eigenvalue weighted by Gasteiger charge is -2.15. The lowest BCUT2D eigenvalue weighted by atomic mass is 10.2. The van der Waals surface area contributed by atoms with E-state index in [4.69, 9.17) is 9.53 Å². The van der Waals surface area contributed by atoms with E-state index < -0.39 is 17.6 Å². The van der Waals surface area contributed by atoms with Gasteiger partial charge in [0.1, 0.15) is 12.2 Å². The minimum Gasteiger partial charge on any atom is -0.472 e. The van der Waals surface area contributed by atoms with Crippen LogP contribution in [0.2, 0.25) is 0 Å².